The third kappa shape index (κ3) is 7.36. The fourth-order valence-corrected chi connectivity index (χ4v) is 3.04. The first kappa shape index (κ1) is 22.5. The highest BCUT2D eigenvalue weighted by Crippen LogP contribution is 2.33. The lowest BCUT2D eigenvalue weighted by Crippen LogP contribution is -2.39. The maximum absolute atomic E-state index is 5.43. The van der Waals surface area contributed by atoms with Gasteiger partial charge in [0.2, 0.25) is 0 Å². The molecule has 5 nitrogen and oxygen atoms in total. The lowest BCUT2D eigenvalue weighted by molar-refractivity contribution is 0.353. The van der Waals surface area contributed by atoms with E-state index in [2.05, 4.69) is 43.7 Å². The summed E-state index contributed by atoms with van der Waals surface area (Å²) in [7, 11) is 3.32. The van der Waals surface area contributed by atoms with Crippen LogP contribution in [0.2, 0.25) is 0 Å². The molecule has 0 spiro atoms. The minimum absolute atomic E-state index is 0.110. The second kappa shape index (κ2) is 11.9. The van der Waals surface area contributed by atoms with Gasteiger partial charge in [-0.1, -0.05) is 19.9 Å². The Hall–Kier alpha value is -1.56. The zero-order chi connectivity index (χ0) is 19.4. The van der Waals surface area contributed by atoms with Crippen LogP contribution in [0.25, 0.3) is 0 Å². The minimum atomic E-state index is -0.110. The summed E-state index contributed by atoms with van der Waals surface area (Å²) in [6.07, 6.45) is 4.53. The van der Waals surface area contributed by atoms with Gasteiger partial charge in [-0.3, -0.25) is 4.99 Å². The van der Waals surface area contributed by atoms with Crippen molar-refractivity contribution < 1.29 is 9.47 Å². The molecule has 26 heavy (non-hydrogen) atoms. The van der Waals surface area contributed by atoms with Crippen molar-refractivity contribution in [3.63, 3.8) is 0 Å². The summed E-state index contributed by atoms with van der Waals surface area (Å²) in [5.74, 6) is 3.59. The normalized spacial score (nSPS) is 12.0. The largest absolute Gasteiger partial charge is 0.493 e. The van der Waals surface area contributed by atoms with Crippen LogP contribution in [0.1, 0.15) is 39.2 Å². The topological polar surface area (TPSA) is 54.9 Å². The molecule has 148 valence electrons. The SMILES string of the molecule is CCNC(=NCC(C)(C)c1ccc(OC)c(OC)c1)NCCCCSC. The number of ether oxygens (including phenoxy) is 2. The number of benzene rings is 1. The van der Waals surface area contributed by atoms with Crippen LogP contribution in [0.4, 0.5) is 0 Å². The Morgan fingerprint density at radius 2 is 1.85 bits per heavy atom. The summed E-state index contributed by atoms with van der Waals surface area (Å²) in [6, 6.07) is 6.07. The summed E-state index contributed by atoms with van der Waals surface area (Å²) < 4.78 is 10.8. The van der Waals surface area contributed by atoms with Crippen molar-refractivity contribution in [2.75, 3.05) is 45.9 Å². The first-order chi connectivity index (χ1) is 12.5. The van der Waals surface area contributed by atoms with Gasteiger partial charge in [0.1, 0.15) is 0 Å². The molecule has 1 aromatic rings. The van der Waals surface area contributed by atoms with Gasteiger partial charge in [0.25, 0.3) is 0 Å². The summed E-state index contributed by atoms with van der Waals surface area (Å²) in [4.78, 5) is 4.79. The summed E-state index contributed by atoms with van der Waals surface area (Å²) in [5, 5.41) is 6.76. The van der Waals surface area contributed by atoms with Gasteiger partial charge in [-0.25, -0.2) is 0 Å². The molecule has 1 aromatic carbocycles. The number of methoxy groups -OCH3 is 2. The Labute approximate surface area is 163 Å². The average Bonchev–Trinajstić information content (AvgIpc) is 2.65. The number of nitrogens with one attached hydrogen (secondary N) is 2. The number of aliphatic imine (C=N–C) groups is 1. The van der Waals surface area contributed by atoms with Gasteiger partial charge in [-0.2, -0.15) is 11.8 Å². The molecule has 0 fully saturated rings. The number of rotatable bonds is 11. The lowest BCUT2D eigenvalue weighted by atomic mass is 9.84. The molecule has 1 rings (SSSR count). The number of nitrogens with zero attached hydrogens (tertiary/aromatic N) is 1. The molecule has 0 amide bonds. The van der Waals surface area contributed by atoms with Crippen LogP contribution in [0.5, 0.6) is 11.5 Å². The highest BCUT2D eigenvalue weighted by Gasteiger charge is 2.22. The number of hydrogen-bond acceptors (Lipinski definition) is 4. The molecule has 0 aromatic heterocycles. The van der Waals surface area contributed by atoms with Crippen LogP contribution >= 0.6 is 11.8 Å². The summed E-state index contributed by atoms with van der Waals surface area (Å²) in [5.41, 5.74) is 1.07. The van der Waals surface area contributed by atoms with E-state index >= 15 is 0 Å². The Morgan fingerprint density at radius 1 is 1.12 bits per heavy atom. The van der Waals surface area contributed by atoms with E-state index in [1.54, 1.807) is 14.2 Å². The van der Waals surface area contributed by atoms with E-state index in [1.807, 2.05) is 23.9 Å². The first-order valence-electron chi connectivity index (χ1n) is 9.22. The maximum atomic E-state index is 5.43. The molecule has 0 aliphatic carbocycles. The summed E-state index contributed by atoms with van der Waals surface area (Å²) >= 11 is 1.89. The van der Waals surface area contributed by atoms with Crippen molar-refractivity contribution in [3.05, 3.63) is 23.8 Å². The molecule has 6 heteroatoms. The van der Waals surface area contributed by atoms with Crippen LogP contribution in [-0.4, -0.2) is 51.8 Å². The lowest BCUT2D eigenvalue weighted by Gasteiger charge is -2.25. The molecule has 0 atom stereocenters. The highest BCUT2D eigenvalue weighted by molar-refractivity contribution is 7.98. The Morgan fingerprint density at radius 3 is 2.46 bits per heavy atom. The van der Waals surface area contributed by atoms with Gasteiger partial charge < -0.3 is 20.1 Å². The highest BCUT2D eigenvalue weighted by atomic mass is 32.2. The third-order valence-corrected chi connectivity index (χ3v) is 4.91. The molecule has 0 aliphatic rings. The van der Waals surface area contributed by atoms with Gasteiger partial charge in [-0.05, 0) is 49.5 Å². The molecular formula is C20H35N3O2S. The molecule has 2 N–H and O–H groups in total. The summed E-state index contributed by atoms with van der Waals surface area (Å²) in [6.45, 7) is 8.96. The van der Waals surface area contributed by atoms with Crippen molar-refractivity contribution in [2.45, 2.75) is 39.0 Å². The van der Waals surface area contributed by atoms with E-state index < -0.39 is 0 Å². The van der Waals surface area contributed by atoms with E-state index in [0.29, 0.717) is 6.54 Å². The van der Waals surface area contributed by atoms with Crippen LogP contribution in [0.15, 0.2) is 23.2 Å². The quantitative estimate of drug-likeness (QED) is 0.348. The molecule has 0 heterocycles. The van der Waals surface area contributed by atoms with Crippen molar-refractivity contribution >= 4 is 17.7 Å². The molecular weight excluding hydrogens is 346 g/mol. The molecule has 0 radical (unpaired) electrons. The first-order valence-corrected chi connectivity index (χ1v) is 10.6. The monoisotopic (exact) mass is 381 g/mol. The van der Waals surface area contributed by atoms with Crippen LogP contribution < -0.4 is 20.1 Å². The fraction of sp³-hybridized carbons (Fsp3) is 0.650. The van der Waals surface area contributed by atoms with Gasteiger partial charge in [0, 0.05) is 18.5 Å². The van der Waals surface area contributed by atoms with E-state index in [0.717, 1.165) is 37.0 Å². The smallest absolute Gasteiger partial charge is 0.191 e. The van der Waals surface area contributed by atoms with Gasteiger partial charge in [-0.15, -0.1) is 0 Å². The van der Waals surface area contributed by atoms with Crippen LogP contribution in [-0.2, 0) is 5.41 Å². The van der Waals surface area contributed by atoms with Crippen molar-refractivity contribution in [1.29, 1.82) is 0 Å². The molecule has 0 saturated heterocycles. The molecule has 0 aliphatic heterocycles. The van der Waals surface area contributed by atoms with E-state index in [9.17, 15) is 0 Å². The van der Waals surface area contributed by atoms with Crippen molar-refractivity contribution in [3.8, 4) is 11.5 Å². The van der Waals surface area contributed by atoms with E-state index in [-0.39, 0.29) is 5.41 Å². The molecule has 0 saturated carbocycles. The third-order valence-electron chi connectivity index (χ3n) is 4.21. The van der Waals surface area contributed by atoms with E-state index in [1.165, 1.54) is 17.7 Å². The van der Waals surface area contributed by atoms with E-state index in [4.69, 9.17) is 14.5 Å². The van der Waals surface area contributed by atoms with Gasteiger partial charge in [0.05, 0.1) is 20.8 Å². The molecule has 0 bridgehead atoms. The van der Waals surface area contributed by atoms with Crippen LogP contribution in [0, 0.1) is 0 Å². The average molecular weight is 382 g/mol. The van der Waals surface area contributed by atoms with Crippen molar-refractivity contribution in [2.24, 2.45) is 4.99 Å². The van der Waals surface area contributed by atoms with Crippen molar-refractivity contribution in [1.82, 2.24) is 10.6 Å². The van der Waals surface area contributed by atoms with Crippen LogP contribution in [0.3, 0.4) is 0 Å². The predicted molar refractivity (Wildman–Crippen MR) is 114 cm³/mol. The number of thioether (sulfide) groups is 1. The Bertz CT molecular complexity index is 562. The molecule has 0 unspecified atom stereocenters. The Balaban J connectivity index is 2.76. The number of unbranched alkanes of at least 4 members (excludes halogenated alkanes) is 1. The fourth-order valence-electron chi connectivity index (χ4n) is 2.55. The number of hydrogen-bond donors (Lipinski definition) is 2. The standard InChI is InChI=1S/C20H35N3O2S/c1-7-21-19(22-12-8-9-13-26-6)23-15-20(2,3)16-10-11-17(24-4)18(14-16)25-5/h10-11,14H,7-9,12-13,15H2,1-6H3,(H2,21,22,23). The van der Waals surface area contributed by atoms with Gasteiger partial charge >= 0.3 is 0 Å². The van der Waals surface area contributed by atoms with Gasteiger partial charge in [0.15, 0.2) is 17.5 Å². The zero-order valence-corrected chi connectivity index (χ0v) is 18.0. The number of guanidine groups is 1. The zero-order valence-electron chi connectivity index (χ0n) is 17.1. The predicted octanol–water partition coefficient (Wildman–Crippen LogP) is 3.68. The minimum Gasteiger partial charge on any atom is -0.493 e. The maximum Gasteiger partial charge on any atom is 0.191 e. The Kier molecular flexibility index (Phi) is 10.3. The second-order valence-electron chi connectivity index (χ2n) is 6.78. The second-order valence-corrected chi connectivity index (χ2v) is 7.76.